The van der Waals surface area contributed by atoms with E-state index >= 15 is 0 Å². The summed E-state index contributed by atoms with van der Waals surface area (Å²) in [6.45, 7) is 2.58. The second-order valence-corrected chi connectivity index (χ2v) is 6.37. The summed E-state index contributed by atoms with van der Waals surface area (Å²) in [6, 6.07) is 7.78. The summed E-state index contributed by atoms with van der Waals surface area (Å²) in [6.07, 6.45) is 4.61. The number of hydrogen-bond donors (Lipinski definition) is 2. The minimum atomic E-state index is 0.349. The largest absolute Gasteiger partial charge is 0.368 e. The van der Waals surface area contributed by atoms with Gasteiger partial charge in [-0.1, -0.05) is 23.7 Å². The number of anilines is 1. The van der Waals surface area contributed by atoms with Crippen LogP contribution in [0.4, 0.5) is 5.95 Å². The maximum absolute atomic E-state index is 5.97. The van der Waals surface area contributed by atoms with Crippen molar-refractivity contribution in [3.8, 4) is 11.3 Å². The van der Waals surface area contributed by atoms with Crippen LogP contribution in [0.1, 0.15) is 16.8 Å². The van der Waals surface area contributed by atoms with Gasteiger partial charge in [-0.3, -0.25) is 10.00 Å². The average Bonchev–Trinajstić information content (AvgIpc) is 3.04. The van der Waals surface area contributed by atoms with Gasteiger partial charge in [0.15, 0.2) is 0 Å². The highest BCUT2D eigenvalue weighted by Crippen LogP contribution is 2.26. The lowest BCUT2D eigenvalue weighted by molar-refractivity contribution is 0.243. The van der Waals surface area contributed by atoms with Crippen LogP contribution in [-0.2, 0) is 19.5 Å². The van der Waals surface area contributed by atoms with Gasteiger partial charge in [0, 0.05) is 48.4 Å². The summed E-state index contributed by atoms with van der Waals surface area (Å²) in [5.41, 5.74) is 11.1. The van der Waals surface area contributed by atoms with Gasteiger partial charge in [-0.2, -0.15) is 5.10 Å². The van der Waals surface area contributed by atoms with Crippen LogP contribution in [0.15, 0.2) is 36.7 Å². The third-order valence-electron chi connectivity index (χ3n) is 4.28. The number of aromatic nitrogens is 4. The van der Waals surface area contributed by atoms with Crippen molar-refractivity contribution in [3.05, 3.63) is 58.5 Å². The summed E-state index contributed by atoms with van der Waals surface area (Å²) in [5.74, 6) is 0.349. The Hall–Kier alpha value is -2.44. The second-order valence-electron chi connectivity index (χ2n) is 5.94. The highest BCUT2D eigenvalue weighted by molar-refractivity contribution is 6.30. The van der Waals surface area contributed by atoms with Crippen molar-refractivity contribution in [2.75, 3.05) is 12.3 Å². The molecule has 1 aliphatic heterocycles. The summed E-state index contributed by atoms with van der Waals surface area (Å²) >= 11 is 5.97. The van der Waals surface area contributed by atoms with Crippen molar-refractivity contribution in [3.63, 3.8) is 0 Å². The molecular formula is C17H17ClN6. The summed E-state index contributed by atoms with van der Waals surface area (Å²) in [4.78, 5) is 10.8. The van der Waals surface area contributed by atoms with Crippen molar-refractivity contribution in [1.82, 2.24) is 25.1 Å². The number of benzene rings is 1. The summed E-state index contributed by atoms with van der Waals surface area (Å²) in [5, 5.41) is 8.04. The Morgan fingerprint density at radius 3 is 2.88 bits per heavy atom. The van der Waals surface area contributed by atoms with E-state index in [0.29, 0.717) is 5.95 Å². The van der Waals surface area contributed by atoms with Crippen molar-refractivity contribution < 1.29 is 0 Å². The van der Waals surface area contributed by atoms with E-state index < -0.39 is 0 Å². The molecule has 0 aliphatic carbocycles. The van der Waals surface area contributed by atoms with E-state index in [1.807, 2.05) is 36.7 Å². The average molecular weight is 341 g/mol. The summed E-state index contributed by atoms with van der Waals surface area (Å²) in [7, 11) is 0. The van der Waals surface area contributed by atoms with Crippen molar-refractivity contribution in [2.45, 2.75) is 19.5 Å². The molecule has 7 heteroatoms. The van der Waals surface area contributed by atoms with Gasteiger partial charge < -0.3 is 5.73 Å². The number of rotatable bonds is 3. The molecule has 0 saturated heterocycles. The maximum atomic E-state index is 5.97. The van der Waals surface area contributed by atoms with E-state index in [1.54, 1.807) is 0 Å². The van der Waals surface area contributed by atoms with Crippen LogP contribution < -0.4 is 5.73 Å². The lowest BCUT2D eigenvalue weighted by atomic mass is 10.0. The Morgan fingerprint density at radius 1 is 1.21 bits per heavy atom. The van der Waals surface area contributed by atoms with E-state index in [-0.39, 0.29) is 0 Å². The third-order valence-corrected chi connectivity index (χ3v) is 4.53. The van der Waals surface area contributed by atoms with Gasteiger partial charge >= 0.3 is 0 Å². The molecule has 0 spiro atoms. The molecule has 1 aromatic carbocycles. The lowest BCUT2D eigenvalue weighted by Crippen LogP contribution is -2.31. The number of nitrogen functional groups attached to an aromatic ring is 1. The zero-order valence-corrected chi connectivity index (χ0v) is 13.8. The molecule has 3 heterocycles. The quantitative estimate of drug-likeness (QED) is 0.765. The highest BCUT2D eigenvalue weighted by atomic mass is 35.5. The molecule has 0 atom stereocenters. The number of fused-ring (bicyclic) bond motifs is 1. The van der Waals surface area contributed by atoms with E-state index in [0.717, 1.165) is 59.2 Å². The smallest absolute Gasteiger partial charge is 0.220 e. The SMILES string of the molecule is Nc1ncc2c(n1)CCN(Cc1cn[nH]c1-c1ccc(Cl)cc1)C2. The van der Waals surface area contributed by atoms with Gasteiger partial charge in [-0.15, -0.1) is 0 Å². The van der Waals surface area contributed by atoms with Crippen LogP contribution in [0.5, 0.6) is 0 Å². The first-order valence-corrected chi connectivity index (χ1v) is 8.17. The number of halogens is 1. The standard InChI is InChI=1S/C17H17ClN6/c18-14-3-1-11(2-4-14)16-13(8-21-23-16)10-24-6-5-15-12(9-24)7-20-17(19)22-15/h1-4,7-8H,5-6,9-10H2,(H,21,23)(H2,19,20,22). The van der Waals surface area contributed by atoms with E-state index in [9.17, 15) is 0 Å². The Balaban J connectivity index is 1.54. The first kappa shape index (κ1) is 15.1. The van der Waals surface area contributed by atoms with Crippen molar-refractivity contribution >= 4 is 17.5 Å². The third kappa shape index (κ3) is 2.98. The lowest BCUT2D eigenvalue weighted by Gasteiger charge is -2.27. The maximum Gasteiger partial charge on any atom is 0.220 e. The zero-order chi connectivity index (χ0) is 16.5. The number of aromatic amines is 1. The first-order valence-electron chi connectivity index (χ1n) is 7.80. The second kappa shape index (κ2) is 6.22. The summed E-state index contributed by atoms with van der Waals surface area (Å²) < 4.78 is 0. The molecule has 0 amide bonds. The van der Waals surface area contributed by atoms with Crippen LogP contribution in [-0.4, -0.2) is 31.6 Å². The normalized spacial score (nSPS) is 14.5. The van der Waals surface area contributed by atoms with Crippen LogP contribution in [0.25, 0.3) is 11.3 Å². The zero-order valence-electron chi connectivity index (χ0n) is 13.0. The van der Waals surface area contributed by atoms with Crippen LogP contribution in [0, 0.1) is 0 Å². The van der Waals surface area contributed by atoms with E-state index in [2.05, 4.69) is 25.1 Å². The number of nitrogens with one attached hydrogen (secondary N) is 1. The number of hydrogen-bond acceptors (Lipinski definition) is 5. The predicted molar refractivity (Wildman–Crippen MR) is 93.3 cm³/mol. The molecule has 6 nitrogen and oxygen atoms in total. The monoisotopic (exact) mass is 340 g/mol. The molecule has 1 aliphatic rings. The number of H-pyrrole nitrogens is 1. The van der Waals surface area contributed by atoms with Gasteiger partial charge in [0.1, 0.15) is 0 Å². The molecular weight excluding hydrogens is 324 g/mol. The van der Waals surface area contributed by atoms with Crippen molar-refractivity contribution in [1.29, 1.82) is 0 Å². The predicted octanol–water partition coefficient (Wildman–Crippen LogP) is 2.66. The number of nitrogens with two attached hydrogens (primary N) is 1. The Morgan fingerprint density at radius 2 is 2.04 bits per heavy atom. The van der Waals surface area contributed by atoms with Crippen LogP contribution in [0.2, 0.25) is 5.02 Å². The molecule has 2 aromatic heterocycles. The van der Waals surface area contributed by atoms with Crippen LogP contribution >= 0.6 is 11.6 Å². The minimum Gasteiger partial charge on any atom is -0.368 e. The molecule has 0 fully saturated rings. The molecule has 0 bridgehead atoms. The van der Waals surface area contributed by atoms with Gasteiger partial charge in [0.2, 0.25) is 5.95 Å². The van der Waals surface area contributed by atoms with E-state index in [4.69, 9.17) is 17.3 Å². The first-order chi connectivity index (χ1) is 11.7. The molecule has 24 heavy (non-hydrogen) atoms. The fourth-order valence-electron chi connectivity index (χ4n) is 3.06. The molecule has 3 aromatic rings. The van der Waals surface area contributed by atoms with Crippen LogP contribution in [0.3, 0.4) is 0 Å². The Labute approximate surface area is 144 Å². The van der Waals surface area contributed by atoms with Crippen molar-refractivity contribution in [2.24, 2.45) is 0 Å². The van der Waals surface area contributed by atoms with Gasteiger partial charge in [0.25, 0.3) is 0 Å². The highest BCUT2D eigenvalue weighted by Gasteiger charge is 2.20. The van der Waals surface area contributed by atoms with Gasteiger partial charge in [-0.25, -0.2) is 9.97 Å². The fraction of sp³-hybridized carbons (Fsp3) is 0.235. The molecule has 0 unspecified atom stereocenters. The minimum absolute atomic E-state index is 0.349. The molecule has 122 valence electrons. The molecule has 4 rings (SSSR count). The molecule has 0 saturated carbocycles. The molecule has 3 N–H and O–H groups in total. The van der Waals surface area contributed by atoms with E-state index in [1.165, 1.54) is 0 Å². The number of nitrogens with zero attached hydrogens (tertiary/aromatic N) is 4. The van der Waals surface area contributed by atoms with Gasteiger partial charge in [0.05, 0.1) is 17.6 Å². The fourth-order valence-corrected chi connectivity index (χ4v) is 3.19. The molecule has 0 radical (unpaired) electrons. The van der Waals surface area contributed by atoms with Gasteiger partial charge in [-0.05, 0) is 17.7 Å². The Kier molecular flexibility index (Phi) is 3.92. The topological polar surface area (TPSA) is 83.7 Å². The Bertz CT molecular complexity index is 858.